The molecule has 0 spiro atoms. The molecule has 0 unspecified atom stereocenters. The third kappa shape index (κ3) is 6.81. The smallest absolute Gasteiger partial charge is 0.270 e. The SMILES string of the molecule is O=C(NNc1ccccc1)[C@@]1(Cc2ccccc2Br)N=C(c2ccc(OCCCO)cc2)O[C@H]1c1ccc(Br)cc1. The van der Waals surface area contributed by atoms with E-state index >= 15 is 0 Å². The van der Waals surface area contributed by atoms with E-state index < -0.39 is 11.6 Å². The normalized spacial score (nSPS) is 17.8. The summed E-state index contributed by atoms with van der Waals surface area (Å²) in [7, 11) is 0. The molecule has 1 heterocycles. The number of carbonyl (C=O) groups excluding carboxylic acids is 1. The van der Waals surface area contributed by atoms with Crippen molar-refractivity contribution in [2.24, 2.45) is 4.99 Å². The van der Waals surface area contributed by atoms with Crippen LogP contribution in [0.2, 0.25) is 0 Å². The second-order valence-electron chi connectivity index (χ2n) is 9.55. The highest BCUT2D eigenvalue weighted by atomic mass is 79.9. The molecular formula is C32H29Br2N3O4. The molecule has 4 aromatic carbocycles. The summed E-state index contributed by atoms with van der Waals surface area (Å²) in [5, 5.41) is 9.03. The molecule has 210 valence electrons. The largest absolute Gasteiger partial charge is 0.494 e. The summed E-state index contributed by atoms with van der Waals surface area (Å²) < 4.78 is 14.1. The molecule has 2 atom stereocenters. The van der Waals surface area contributed by atoms with Gasteiger partial charge in [0.1, 0.15) is 5.75 Å². The van der Waals surface area contributed by atoms with E-state index in [1.807, 2.05) is 103 Å². The van der Waals surface area contributed by atoms with Gasteiger partial charge in [0, 0.05) is 34.0 Å². The Hall–Kier alpha value is -3.66. The zero-order valence-electron chi connectivity index (χ0n) is 22.1. The van der Waals surface area contributed by atoms with Crippen LogP contribution in [-0.2, 0) is 16.0 Å². The number of benzene rings is 4. The van der Waals surface area contributed by atoms with Crippen LogP contribution in [0.4, 0.5) is 5.69 Å². The van der Waals surface area contributed by atoms with E-state index in [0.717, 1.165) is 31.3 Å². The van der Waals surface area contributed by atoms with Crippen LogP contribution in [-0.4, -0.2) is 35.7 Å². The predicted molar refractivity (Wildman–Crippen MR) is 167 cm³/mol. The van der Waals surface area contributed by atoms with Gasteiger partial charge < -0.3 is 14.6 Å². The maximum Gasteiger partial charge on any atom is 0.270 e. The number of carbonyl (C=O) groups is 1. The number of hydrazine groups is 1. The highest BCUT2D eigenvalue weighted by molar-refractivity contribution is 9.10. The lowest BCUT2D eigenvalue weighted by Gasteiger charge is -2.31. The highest BCUT2D eigenvalue weighted by Gasteiger charge is 2.53. The molecule has 0 saturated carbocycles. The van der Waals surface area contributed by atoms with Gasteiger partial charge in [0.2, 0.25) is 5.90 Å². The number of ether oxygens (including phenoxy) is 2. The Morgan fingerprint density at radius 1 is 0.927 bits per heavy atom. The van der Waals surface area contributed by atoms with Gasteiger partial charge in [-0.2, -0.15) is 0 Å². The van der Waals surface area contributed by atoms with Gasteiger partial charge in [-0.3, -0.25) is 15.6 Å². The molecule has 0 aliphatic carbocycles. The number of aliphatic hydroxyl groups is 1. The number of aliphatic hydroxyl groups excluding tert-OH is 1. The average molecular weight is 679 g/mol. The van der Waals surface area contributed by atoms with E-state index in [1.165, 1.54) is 0 Å². The number of halogens is 2. The average Bonchev–Trinajstić information content (AvgIpc) is 3.39. The van der Waals surface area contributed by atoms with Crippen LogP contribution in [0, 0.1) is 0 Å². The zero-order valence-corrected chi connectivity index (χ0v) is 25.3. The first-order valence-electron chi connectivity index (χ1n) is 13.2. The van der Waals surface area contributed by atoms with Crippen molar-refractivity contribution in [2.45, 2.75) is 24.5 Å². The van der Waals surface area contributed by atoms with Crippen LogP contribution < -0.4 is 15.6 Å². The Labute approximate surface area is 255 Å². The predicted octanol–water partition coefficient (Wildman–Crippen LogP) is 6.62. The van der Waals surface area contributed by atoms with E-state index in [4.69, 9.17) is 19.6 Å². The molecule has 3 N–H and O–H groups in total. The second-order valence-corrected chi connectivity index (χ2v) is 11.3. The molecule has 9 heteroatoms. The van der Waals surface area contributed by atoms with Crippen LogP contribution in [0.1, 0.15) is 29.2 Å². The molecule has 5 rings (SSSR count). The maximum absolute atomic E-state index is 14.3. The van der Waals surface area contributed by atoms with E-state index in [0.29, 0.717) is 24.7 Å². The van der Waals surface area contributed by atoms with Gasteiger partial charge in [-0.15, -0.1) is 0 Å². The third-order valence-electron chi connectivity index (χ3n) is 6.71. The molecule has 7 nitrogen and oxygen atoms in total. The van der Waals surface area contributed by atoms with Gasteiger partial charge in [0.05, 0.1) is 12.3 Å². The Bertz CT molecular complexity index is 1500. The van der Waals surface area contributed by atoms with Crippen molar-refractivity contribution in [2.75, 3.05) is 18.6 Å². The number of nitrogens with zero attached hydrogens (tertiary/aromatic N) is 1. The number of hydrogen-bond donors (Lipinski definition) is 3. The van der Waals surface area contributed by atoms with Crippen molar-refractivity contribution in [3.8, 4) is 5.75 Å². The Kier molecular flexibility index (Phi) is 9.38. The molecular weight excluding hydrogens is 650 g/mol. The minimum atomic E-state index is -1.34. The first kappa shape index (κ1) is 28.9. The summed E-state index contributed by atoms with van der Waals surface area (Å²) in [6, 6.07) is 32.4. The van der Waals surface area contributed by atoms with Crippen molar-refractivity contribution in [3.63, 3.8) is 0 Å². The monoisotopic (exact) mass is 677 g/mol. The van der Waals surface area contributed by atoms with E-state index in [1.54, 1.807) is 0 Å². The molecule has 0 bridgehead atoms. The molecule has 41 heavy (non-hydrogen) atoms. The lowest BCUT2D eigenvalue weighted by molar-refractivity contribution is -0.128. The molecule has 0 aromatic heterocycles. The molecule has 0 radical (unpaired) electrons. The fourth-order valence-corrected chi connectivity index (χ4v) is 5.30. The highest BCUT2D eigenvalue weighted by Crippen LogP contribution is 2.43. The fraction of sp³-hybridized carbons (Fsp3) is 0.188. The van der Waals surface area contributed by atoms with Gasteiger partial charge in [-0.25, -0.2) is 4.99 Å². The Morgan fingerprint density at radius 2 is 1.63 bits per heavy atom. The van der Waals surface area contributed by atoms with Crippen molar-refractivity contribution >= 4 is 49.4 Å². The molecule has 1 aliphatic heterocycles. The van der Waals surface area contributed by atoms with Crippen LogP contribution in [0.5, 0.6) is 5.75 Å². The number of nitrogens with one attached hydrogen (secondary N) is 2. The van der Waals surface area contributed by atoms with Crippen molar-refractivity contribution in [1.82, 2.24) is 5.43 Å². The van der Waals surface area contributed by atoms with Gasteiger partial charge in [-0.1, -0.05) is 80.4 Å². The van der Waals surface area contributed by atoms with Gasteiger partial charge in [0.15, 0.2) is 11.6 Å². The second kappa shape index (κ2) is 13.3. The third-order valence-corrected chi connectivity index (χ3v) is 8.02. The Morgan fingerprint density at radius 3 is 2.34 bits per heavy atom. The summed E-state index contributed by atoms with van der Waals surface area (Å²) >= 11 is 7.17. The van der Waals surface area contributed by atoms with E-state index in [9.17, 15) is 4.79 Å². The molecule has 1 aliphatic rings. The summed E-state index contributed by atoms with van der Waals surface area (Å²) in [4.78, 5) is 19.3. The standard InChI is InChI=1S/C32H29Br2N3O4/c33-25-15-11-22(12-16-25)29-32(21-24-7-4-5-10-28(24)34,31(39)37-36-26-8-2-1-3-9-26)35-30(41-29)23-13-17-27(18-14-23)40-20-6-19-38/h1-5,7-18,29,36,38H,6,19-21H2,(H,37,39)/t29-,32-/m0/s1. The van der Waals surface area contributed by atoms with Crippen molar-refractivity contribution in [1.29, 1.82) is 0 Å². The number of anilines is 1. The summed E-state index contributed by atoms with van der Waals surface area (Å²) in [6.07, 6.45) is 0.121. The molecule has 1 amide bonds. The maximum atomic E-state index is 14.3. The molecule has 4 aromatic rings. The quantitative estimate of drug-likeness (QED) is 0.123. The minimum absolute atomic E-state index is 0.0704. The first-order valence-corrected chi connectivity index (χ1v) is 14.8. The summed E-state index contributed by atoms with van der Waals surface area (Å²) in [5.41, 5.74) is 7.80. The van der Waals surface area contributed by atoms with E-state index in [2.05, 4.69) is 42.7 Å². The number of hydrogen-bond acceptors (Lipinski definition) is 6. The number of amides is 1. The van der Waals surface area contributed by atoms with Crippen LogP contribution in [0.3, 0.4) is 0 Å². The van der Waals surface area contributed by atoms with E-state index in [-0.39, 0.29) is 18.9 Å². The van der Waals surface area contributed by atoms with Gasteiger partial charge in [0.25, 0.3) is 5.91 Å². The topological polar surface area (TPSA) is 92.2 Å². The minimum Gasteiger partial charge on any atom is -0.494 e. The molecule has 0 saturated heterocycles. The first-order chi connectivity index (χ1) is 20.0. The summed E-state index contributed by atoms with van der Waals surface area (Å²) in [6.45, 7) is 0.490. The van der Waals surface area contributed by atoms with Crippen molar-refractivity contribution < 1.29 is 19.4 Å². The fourth-order valence-electron chi connectivity index (χ4n) is 4.61. The lowest BCUT2D eigenvalue weighted by atomic mass is 9.82. The molecule has 0 fully saturated rings. The van der Waals surface area contributed by atoms with Crippen LogP contribution in [0.15, 0.2) is 117 Å². The zero-order chi connectivity index (χ0) is 28.7. The van der Waals surface area contributed by atoms with Crippen LogP contribution in [0.25, 0.3) is 0 Å². The number of aliphatic imine (C=N–C) groups is 1. The van der Waals surface area contributed by atoms with Crippen LogP contribution >= 0.6 is 31.9 Å². The van der Waals surface area contributed by atoms with Gasteiger partial charge >= 0.3 is 0 Å². The number of para-hydroxylation sites is 1. The number of rotatable bonds is 11. The van der Waals surface area contributed by atoms with Gasteiger partial charge in [-0.05, 0) is 65.7 Å². The van der Waals surface area contributed by atoms with Crippen molar-refractivity contribution in [3.05, 3.63) is 129 Å². The lowest BCUT2D eigenvalue weighted by Crippen LogP contribution is -2.51. The Balaban J connectivity index is 1.56. The summed E-state index contributed by atoms with van der Waals surface area (Å²) in [5.74, 6) is 0.709.